The third kappa shape index (κ3) is 4.38. The van der Waals surface area contributed by atoms with E-state index >= 15 is 0 Å². The quantitative estimate of drug-likeness (QED) is 0.740. The number of anilines is 2. The molecule has 0 radical (unpaired) electrons. The van der Waals surface area contributed by atoms with Gasteiger partial charge in [-0.05, 0) is 12.7 Å². The van der Waals surface area contributed by atoms with E-state index in [1.54, 1.807) is 11.8 Å². The Labute approximate surface area is 104 Å². The third-order valence-corrected chi connectivity index (χ3v) is 2.68. The molecule has 17 heavy (non-hydrogen) atoms. The van der Waals surface area contributed by atoms with Crippen LogP contribution in [0.4, 0.5) is 20.4 Å². The summed E-state index contributed by atoms with van der Waals surface area (Å²) in [4.78, 5) is 3.90. The summed E-state index contributed by atoms with van der Waals surface area (Å²) < 4.78 is 26.7. The third-order valence-electron chi connectivity index (χ3n) is 2.07. The average molecular weight is 261 g/mol. The first-order valence-corrected chi connectivity index (χ1v) is 6.91. The molecule has 1 aromatic heterocycles. The summed E-state index contributed by atoms with van der Waals surface area (Å²) >= 11 is 1.65. The highest BCUT2D eigenvalue weighted by atomic mass is 32.2. The van der Waals surface area contributed by atoms with E-state index in [9.17, 15) is 8.78 Å². The number of nitrogens with zero attached hydrogens (tertiary/aromatic N) is 1. The van der Waals surface area contributed by atoms with Crippen LogP contribution in [0.15, 0.2) is 6.07 Å². The van der Waals surface area contributed by atoms with Crippen LogP contribution in [0.2, 0.25) is 0 Å². The summed E-state index contributed by atoms with van der Waals surface area (Å²) in [6, 6.07) is 0.854. The van der Waals surface area contributed by atoms with Crippen molar-refractivity contribution in [3.8, 4) is 0 Å². The predicted molar refractivity (Wildman–Crippen MR) is 69.8 cm³/mol. The highest BCUT2D eigenvalue weighted by Crippen LogP contribution is 2.18. The number of nitrogens with one attached hydrogen (secondary N) is 2. The van der Waals surface area contributed by atoms with E-state index in [1.165, 1.54) is 0 Å². The summed E-state index contributed by atoms with van der Waals surface area (Å²) in [5.74, 6) is -0.285. The van der Waals surface area contributed by atoms with Gasteiger partial charge in [-0.3, -0.25) is 0 Å². The molecule has 0 saturated carbocycles. The molecule has 0 spiro atoms. The minimum Gasteiger partial charge on any atom is -0.368 e. The molecule has 2 N–H and O–H groups in total. The van der Waals surface area contributed by atoms with Gasteiger partial charge < -0.3 is 10.6 Å². The Morgan fingerprint density at radius 1 is 1.18 bits per heavy atom. The van der Waals surface area contributed by atoms with Gasteiger partial charge in [0.1, 0.15) is 0 Å². The molecule has 0 saturated heterocycles. The predicted octanol–water partition coefficient (Wildman–Crippen LogP) is 2.96. The number of hydrogen-bond donors (Lipinski definition) is 2. The summed E-state index contributed by atoms with van der Waals surface area (Å²) in [6.07, 6.45) is 2.82. The standard InChI is InChI=1S/C11H17F2N3S/c1-3-4-14-10-8(12)7-9(13)11(16-10)15-5-6-17-2/h7H,3-6H2,1-2H3,(H2,14,15,16). The van der Waals surface area contributed by atoms with Crippen molar-refractivity contribution in [2.24, 2.45) is 0 Å². The molecule has 0 unspecified atom stereocenters. The molecule has 0 aliphatic heterocycles. The highest BCUT2D eigenvalue weighted by Gasteiger charge is 2.10. The molecule has 0 aliphatic rings. The van der Waals surface area contributed by atoms with Crippen molar-refractivity contribution in [1.82, 2.24) is 4.98 Å². The molecular formula is C11H17F2N3S. The first-order chi connectivity index (χ1) is 8.19. The lowest BCUT2D eigenvalue weighted by molar-refractivity contribution is 0.578. The second-order valence-electron chi connectivity index (χ2n) is 3.50. The van der Waals surface area contributed by atoms with E-state index in [0.717, 1.165) is 18.2 Å². The lowest BCUT2D eigenvalue weighted by Crippen LogP contribution is -2.11. The number of pyridine rings is 1. The normalized spacial score (nSPS) is 10.4. The largest absolute Gasteiger partial charge is 0.368 e. The van der Waals surface area contributed by atoms with Gasteiger partial charge in [-0.25, -0.2) is 13.8 Å². The second kappa shape index (κ2) is 7.32. The maximum atomic E-state index is 13.4. The maximum absolute atomic E-state index is 13.4. The Kier molecular flexibility index (Phi) is 6.04. The van der Waals surface area contributed by atoms with Gasteiger partial charge in [0.05, 0.1) is 0 Å². The van der Waals surface area contributed by atoms with E-state index in [-0.39, 0.29) is 11.6 Å². The van der Waals surface area contributed by atoms with Gasteiger partial charge >= 0.3 is 0 Å². The van der Waals surface area contributed by atoms with Crippen molar-refractivity contribution in [2.75, 3.05) is 35.7 Å². The van der Waals surface area contributed by atoms with Gasteiger partial charge in [-0.15, -0.1) is 0 Å². The Hall–Kier alpha value is -1.04. The van der Waals surface area contributed by atoms with Gasteiger partial charge in [0.15, 0.2) is 23.3 Å². The lowest BCUT2D eigenvalue weighted by Gasteiger charge is -2.10. The first kappa shape index (κ1) is 14.0. The molecule has 0 atom stereocenters. The van der Waals surface area contributed by atoms with E-state index in [1.807, 2.05) is 13.2 Å². The van der Waals surface area contributed by atoms with Crippen LogP contribution in [0.3, 0.4) is 0 Å². The molecule has 0 aromatic carbocycles. The van der Waals surface area contributed by atoms with Gasteiger partial charge in [-0.2, -0.15) is 11.8 Å². The minimum atomic E-state index is -0.661. The number of rotatable bonds is 7. The van der Waals surface area contributed by atoms with Crippen LogP contribution in [-0.4, -0.2) is 30.1 Å². The number of aromatic nitrogens is 1. The van der Waals surface area contributed by atoms with Crippen LogP contribution in [0.25, 0.3) is 0 Å². The van der Waals surface area contributed by atoms with Gasteiger partial charge in [0.2, 0.25) is 0 Å². The maximum Gasteiger partial charge on any atom is 0.168 e. The minimum absolute atomic E-state index is 0.0963. The van der Waals surface area contributed by atoms with Crippen molar-refractivity contribution >= 4 is 23.4 Å². The van der Waals surface area contributed by atoms with Crippen molar-refractivity contribution in [2.45, 2.75) is 13.3 Å². The van der Waals surface area contributed by atoms with Crippen LogP contribution in [0.1, 0.15) is 13.3 Å². The summed E-state index contributed by atoms with van der Waals surface area (Å²) in [7, 11) is 0. The molecular weight excluding hydrogens is 244 g/mol. The van der Waals surface area contributed by atoms with Crippen LogP contribution < -0.4 is 10.6 Å². The molecule has 6 heteroatoms. The Bertz CT molecular complexity index is 361. The SMILES string of the molecule is CCCNc1nc(NCCSC)c(F)cc1F. The average Bonchev–Trinajstić information content (AvgIpc) is 2.31. The smallest absolute Gasteiger partial charge is 0.168 e. The Morgan fingerprint density at radius 2 is 1.76 bits per heavy atom. The fraction of sp³-hybridized carbons (Fsp3) is 0.545. The van der Waals surface area contributed by atoms with E-state index in [0.29, 0.717) is 13.1 Å². The highest BCUT2D eigenvalue weighted by molar-refractivity contribution is 7.98. The summed E-state index contributed by atoms with van der Waals surface area (Å²) in [5.41, 5.74) is 0. The van der Waals surface area contributed by atoms with Gasteiger partial charge in [0, 0.05) is 24.9 Å². The van der Waals surface area contributed by atoms with E-state index in [2.05, 4.69) is 15.6 Å². The molecule has 0 fully saturated rings. The Morgan fingerprint density at radius 3 is 2.29 bits per heavy atom. The van der Waals surface area contributed by atoms with E-state index in [4.69, 9.17) is 0 Å². The fourth-order valence-electron chi connectivity index (χ4n) is 1.23. The zero-order valence-electron chi connectivity index (χ0n) is 10.0. The zero-order chi connectivity index (χ0) is 12.7. The topological polar surface area (TPSA) is 37.0 Å². The van der Waals surface area contributed by atoms with E-state index < -0.39 is 11.6 Å². The molecule has 1 rings (SSSR count). The van der Waals surface area contributed by atoms with Crippen molar-refractivity contribution in [3.63, 3.8) is 0 Å². The molecule has 3 nitrogen and oxygen atoms in total. The summed E-state index contributed by atoms with van der Waals surface area (Å²) in [5, 5.41) is 5.67. The van der Waals surface area contributed by atoms with Crippen LogP contribution in [0.5, 0.6) is 0 Å². The second-order valence-corrected chi connectivity index (χ2v) is 4.48. The molecule has 0 aliphatic carbocycles. The molecule has 0 bridgehead atoms. The molecule has 96 valence electrons. The number of hydrogen-bond acceptors (Lipinski definition) is 4. The van der Waals surface area contributed by atoms with Crippen LogP contribution in [0, 0.1) is 11.6 Å². The van der Waals surface area contributed by atoms with Crippen LogP contribution in [-0.2, 0) is 0 Å². The Balaban J connectivity index is 2.74. The lowest BCUT2D eigenvalue weighted by atomic mass is 10.3. The zero-order valence-corrected chi connectivity index (χ0v) is 10.8. The number of halogens is 2. The van der Waals surface area contributed by atoms with Gasteiger partial charge in [0.25, 0.3) is 0 Å². The monoisotopic (exact) mass is 261 g/mol. The van der Waals surface area contributed by atoms with Crippen molar-refractivity contribution in [1.29, 1.82) is 0 Å². The fourth-order valence-corrected chi connectivity index (χ4v) is 1.54. The van der Waals surface area contributed by atoms with Gasteiger partial charge in [-0.1, -0.05) is 6.92 Å². The first-order valence-electron chi connectivity index (χ1n) is 5.51. The molecule has 0 amide bonds. The molecule has 1 aromatic rings. The summed E-state index contributed by atoms with van der Waals surface area (Å²) in [6.45, 7) is 3.18. The van der Waals surface area contributed by atoms with Crippen LogP contribution >= 0.6 is 11.8 Å². The molecule has 1 heterocycles. The van der Waals surface area contributed by atoms with Crippen molar-refractivity contribution < 1.29 is 8.78 Å². The number of thioether (sulfide) groups is 1. The van der Waals surface area contributed by atoms with Crippen molar-refractivity contribution in [3.05, 3.63) is 17.7 Å².